The van der Waals surface area contributed by atoms with Crippen molar-refractivity contribution in [3.63, 3.8) is 0 Å². The Kier molecular flexibility index (Phi) is 7.22. The van der Waals surface area contributed by atoms with Crippen LogP contribution in [0.2, 0.25) is 0 Å². The second kappa shape index (κ2) is 11.1. The molecule has 1 aromatic carbocycles. The summed E-state index contributed by atoms with van der Waals surface area (Å²) in [5.41, 5.74) is 4.08. The van der Waals surface area contributed by atoms with Crippen LogP contribution in [0.3, 0.4) is 0 Å². The van der Waals surface area contributed by atoms with Gasteiger partial charge in [-0.3, -0.25) is 15.2 Å². The molecule has 4 aliphatic rings. The molecule has 5 heterocycles. The second-order valence-corrected chi connectivity index (χ2v) is 10.8. The zero-order valence-electron chi connectivity index (χ0n) is 21.9. The molecule has 7 rings (SSSR count). The number of anilines is 1. The predicted octanol–water partition coefficient (Wildman–Crippen LogP) is 5.63. The maximum atomic E-state index is 12.4. The maximum Gasteiger partial charge on any atom is 0.411 e. The minimum Gasteiger partial charge on any atom is -0.497 e. The van der Waals surface area contributed by atoms with Gasteiger partial charge in [-0.15, -0.1) is 0 Å². The molecule has 2 bridgehead atoms. The number of hydrogen-bond donors (Lipinski definition) is 1. The van der Waals surface area contributed by atoms with E-state index in [1.807, 2.05) is 36.7 Å². The zero-order valence-corrected chi connectivity index (χ0v) is 21.9. The zero-order chi connectivity index (χ0) is 25.9. The number of benzene rings is 1. The lowest BCUT2D eigenvalue weighted by Crippen LogP contribution is -2.54. The lowest BCUT2D eigenvalue weighted by atomic mass is 9.74. The lowest BCUT2D eigenvalue weighted by Gasteiger charge is -2.49. The highest BCUT2D eigenvalue weighted by Gasteiger charge is 2.42. The van der Waals surface area contributed by atoms with Crippen molar-refractivity contribution < 1.29 is 14.3 Å². The molecular weight excluding hydrogens is 478 g/mol. The average Bonchev–Trinajstić information content (AvgIpc) is 3.52. The van der Waals surface area contributed by atoms with Crippen molar-refractivity contribution in [2.24, 2.45) is 5.92 Å². The fourth-order valence-electron chi connectivity index (χ4n) is 6.38. The van der Waals surface area contributed by atoms with Crippen molar-refractivity contribution in [3.05, 3.63) is 66.2 Å². The van der Waals surface area contributed by atoms with Gasteiger partial charge in [0.05, 0.1) is 7.11 Å². The first-order valence-electron chi connectivity index (χ1n) is 13.8. The van der Waals surface area contributed by atoms with Crippen LogP contribution in [-0.2, 0) is 4.74 Å². The van der Waals surface area contributed by atoms with E-state index in [-0.39, 0.29) is 6.04 Å². The van der Waals surface area contributed by atoms with Crippen molar-refractivity contribution in [3.8, 4) is 17.1 Å². The molecule has 1 saturated carbocycles. The molecule has 38 heavy (non-hydrogen) atoms. The Bertz CT molecular complexity index is 1250. The largest absolute Gasteiger partial charge is 0.497 e. The van der Waals surface area contributed by atoms with Crippen molar-refractivity contribution in [1.82, 2.24) is 19.9 Å². The van der Waals surface area contributed by atoms with Gasteiger partial charge < -0.3 is 9.47 Å². The first-order chi connectivity index (χ1) is 18.7. The summed E-state index contributed by atoms with van der Waals surface area (Å²) in [4.78, 5) is 29.2. The minimum absolute atomic E-state index is 0.238. The van der Waals surface area contributed by atoms with Gasteiger partial charge in [0.15, 0.2) is 5.82 Å². The van der Waals surface area contributed by atoms with Crippen LogP contribution in [0.15, 0.2) is 54.9 Å². The number of carbonyl (C=O) groups is 1. The Labute approximate surface area is 223 Å². The quantitative estimate of drug-likeness (QED) is 0.438. The van der Waals surface area contributed by atoms with Crippen molar-refractivity contribution in [1.29, 1.82) is 0 Å². The van der Waals surface area contributed by atoms with Crippen LogP contribution in [0, 0.1) is 5.92 Å². The number of ether oxygens (including phenoxy) is 2. The summed E-state index contributed by atoms with van der Waals surface area (Å²) in [5, 5.41) is 2.81. The SMILES string of the molecule is COc1ccc(NC(=O)OCC2CC3CCN2CC3c2cc(C3CCCC3)nc(-c3ccncc3)n2)cc1. The molecule has 1 amide bonds. The number of aromatic nitrogens is 3. The molecule has 4 atom stereocenters. The minimum atomic E-state index is -0.423. The van der Waals surface area contributed by atoms with Gasteiger partial charge in [0.25, 0.3) is 0 Å². The van der Waals surface area contributed by atoms with E-state index in [0.717, 1.165) is 43.1 Å². The van der Waals surface area contributed by atoms with Crippen LogP contribution in [0.1, 0.15) is 61.7 Å². The molecule has 4 unspecified atom stereocenters. The van der Waals surface area contributed by atoms with Gasteiger partial charge in [-0.05, 0) is 80.6 Å². The maximum absolute atomic E-state index is 12.4. The number of pyridine rings is 1. The number of rotatable bonds is 7. The van der Waals surface area contributed by atoms with E-state index in [9.17, 15) is 4.79 Å². The molecule has 0 spiro atoms. The smallest absolute Gasteiger partial charge is 0.411 e. The summed E-state index contributed by atoms with van der Waals surface area (Å²) in [6.45, 7) is 2.37. The number of fused-ring (bicyclic) bond motifs is 3. The van der Waals surface area contributed by atoms with Gasteiger partial charge in [-0.25, -0.2) is 14.8 Å². The van der Waals surface area contributed by atoms with Crippen molar-refractivity contribution in [2.45, 2.75) is 56.4 Å². The monoisotopic (exact) mass is 513 g/mol. The van der Waals surface area contributed by atoms with Crippen molar-refractivity contribution >= 4 is 11.8 Å². The van der Waals surface area contributed by atoms with Crippen LogP contribution in [0.5, 0.6) is 5.75 Å². The number of hydrogen-bond acceptors (Lipinski definition) is 7. The van der Waals surface area contributed by atoms with Gasteiger partial charge in [0, 0.05) is 59.5 Å². The number of amides is 1. The molecule has 4 fully saturated rings. The molecule has 8 nitrogen and oxygen atoms in total. The normalized spacial score (nSPS) is 24.8. The first kappa shape index (κ1) is 24.8. The summed E-state index contributed by atoms with van der Waals surface area (Å²) in [6.07, 6.45) is 10.3. The van der Waals surface area contributed by atoms with E-state index in [0.29, 0.717) is 30.0 Å². The molecule has 1 aliphatic carbocycles. The first-order valence-corrected chi connectivity index (χ1v) is 13.8. The number of carbonyl (C=O) groups excluding carboxylic acids is 1. The molecule has 8 heteroatoms. The van der Waals surface area contributed by atoms with Gasteiger partial charge in [0.1, 0.15) is 12.4 Å². The topological polar surface area (TPSA) is 89.5 Å². The molecule has 2 aromatic heterocycles. The van der Waals surface area contributed by atoms with Crippen LogP contribution in [0.4, 0.5) is 10.5 Å². The highest BCUT2D eigenvalue weighted by molar-refractivity contribution is 5.84. The Hall–Kier alpha value is -3.52. The number of nitrogens with one attached hydrogen (secondary N) is 1. The third-order valence-electron chi connectivity index (χ3n) is 8.48. The molecule has 3 saturated heterocycles. The summed E-state index contributed by atoms with van der Waals surface area (Å²) < 4.78 is 10.8. The summed E-state index contributed by atoms with van der Waals surface area (Å²) in [7, 11) is 1.62. The average molecular weight is 514 g/mol. The van der Waals surface area contributed by atoms with Gasteiger partial charge in [-0.2, -0.15) is 0 Å². The summed E-state index contributed by atoms with van der Waals surface area (Å²) >= 11 is 0. The van der Waals surface area contributed by atoms with E-state index in [4.69, 9.17) is 19.4 Å². The van der Waals surface area contributed by atoms with E-state index in [1.165, 1.54) is 37.1 Å². The molecule has 3 aromatic rings. The predicted molar refractivity (Wildman–Crippen MR) is 145 cm³/mol. The Morgan fingerprint density at radius 3 is 2.50 bits per heavy atom. The molecule has 3 aliphatic heterocycles. The Balaban J connectivity index is 1.13. The highest BCUT2D eigenvalue weighted by atomic mass is 16.5. The third-order valence-corrected chi connectivity index (χ3v) is 8.48. The summed E-state index contributed by atoms with van der Waals surface area (Å²) in [5.74, 6) is 2.99. The second-order valence-electron chi connectivity index (χ2n) is 10.8. The van der Waals surface area contributed by atoms with E-state index < -0.39 is 6.09 Å². The summed E-state index contributed by atoms with van der Waals surface area (Å²) in [6, 6.07) is 13.8. The van der Waals surface area contributed by atoms with E-state index in [1.54, 1.807) is 19.2 Å². The number of nitrogens with zero attached hydrogens (tertiary/aromatic N) is 4. The Morgan fingerprint density at radius 2 is 1.79 bits per heavy atom. The van der Waals surface area contributed by atoms with Gasteiger partial charge in [0.2, 0.25) is 0 Å². The Morgan fingerprint density at radius 1 is 1.03 bits per heavy atom. The fourth-order valence-corrected chi connectivity index (χ4v) is 6.38. The molecule has 0 radical (unpaired) electrons. The molecule has 198 valence electrons. The lowest BCUT2D eigenvalue weighted by molar-refractivity contribution is -0.00149. The molecular formula is C30H35N5O3. The fraction of sp³-hybridized carbons (Fsp3) is 0.467. The third kappa shape index (κ3) is 5.36. The van der Waals surface area contributed by atoms with E-state index in [2.05, 4.69) is 21.3 Å². The van der Waals surface area contributed by atoms with Crippen LogP contribution in [-0.4, -0.2) is 58.8 Å². The standard InChI is InChI=1S/C30H35N5O3/c1-37-25-8-6-23(7-9-25)32-30(36)38-19-24-16-22-12-15-35(24)18-26(22)28-17-27(20-4-2-3-5-20)33-29(34-28)21-10-13-31-14-11-21/h6-11,13-14,17,20,22,24,26H,2-5,12,15-16,18-19H2,1H3,(H,32,36). The van der Waals surface area contributed by atoms with Crippen LogP contribution < -0.4 is 10.1 Å². The highest BCUT2D eigenvalue weighted by Crippen LogP contribution is 2.43. The molecule has 1 N–H and O–H groups in total. The van der Waals surface area contributed by atoms with E-state index >= 15 is 0 Å². The van der Waals surface area contributed by atoms with Gasteiger partial charge in [-0.1, -0.05) is 12.8 Å². The number of methoxy groups -OCH3 is 1. The van der Waals surface area contributed by atoms with Crippen LogP contribution in [0.25, 0.3) is 11.4 Å². The number of piperidine rings is 3. The van der Waals surface area contributed by atoms with Crippen LogP contribution >= 0.6 is 0 Å². The van der Waals surface area contributed by atoms with Crippen molar-refractivity contribution in [2.75, 3.05) is 32.1 Å². The van der Waals surface area contributed by atoms with Gasteiger partial charge >= 0.3 is 6.09 Å².